The van der Waals surface area contributed by atoms with Gasteiger partial charge in [-0.1, -0.05) is 6.07 Å². The Kier molecular flexibility index (Phi) is 5.24. The van der Waals surface area contributed by atoms with E-state index in [9.17, 15) is 14.4 Å². The maximum absolute atomic E-state index is 11.9. The molecule has 2 aromatic rings. The molecule has 25 heavy (non-hydrogen) atoms. The molecule has 1 fully saturated rings. The summed E-state index contributed by atoms with van der Waals surface area (Å²) in [5, 5.41) is 2.72. The summed E-state index contributed by atoms with van der Waals surface area (Å²) in [5.74, 6) is 0.560. The number of amides is 1. The van der Waals surface area contributed by atoms with Crippen molar-refractivity contribution in [3.63, 3.8) is 0 Å². The largest absolute Gasteiger partial charge is 0.378 e. The Morgan fingerprint density at radius 3 is 2.72 bits per heavy atom. The minimum absolute atomic E-state index is 0.158. The molecular formula is C16H19N5O4. The van der Waals surface area contributed by atoms with Crippen LogP contribution >= 0.6 is 0 Å². The van der Waals surface area contributed by atoms with E-state index in [4.69, 9.17) is 4.74 Å². The van der Waals surface area contributed by atoms with Gasteiger partial charge >= 0.3 is 5.69 Å². The molecule has 3 heterocycles. The summed E-state index contributed by atoms with van der Waals surface area (Å²) in [7, 11) is 0. The number of rotatable bonds is 5. The Balaban J connectivity index is 1.53. The predicted octanol–water partition coefficient (Wildman–Crippen LogP) is -0.915. The van der Waals surface area contributed by atoms with Crippen LogP contribution in [0.2, 0.25) is 0 Å². The first kappa shape index (κ1) is 16.9. The Hall–Kier alpha value is -2.94. The number of carbonyl (C=O) groups excluding carboxylic acids is 1. The molecule has 9 nitrogen and oxygen atoms in total. The van der Waals surface area contributed by atoms with E-state index < -0.39 is 11.2 Å². The van der Waals surface area contributed by atoms with Crippen molar-refractivity contribution in [3.05, 3.63) is 57.0 Å². The van der Waals surface area contributed by atoms with Crippen LogP contribution in [-0.2, 0) is 22.6 Å². The smallest absolute Gasteiger partial charge is 0.328 e. The molecular weight excluding hydrogens is 326 g/mol. The zero-order valence-corrected chi connectivity index (χ0v) is 13.6. The van der Waals surface area contributed by atoms with Crippen LogP contribution in [0.3, 0.4) is 0 Å². The van der Waals surface area contributed by atoms with Crippen LogP contribution < -0.4 is 21.5 Å². The molecule has 0 aliphatic carbocycles. The number of hydrogen-bond acceptors (Lipinski definition) is 6. The van der Waals surface area contributed by atoms with Gasteiger partial charge in [-0.3, -0.25) is 19.1 Å². The van der Waals surface area contributed by atoms with Crippen LogP contribution in [0.15, 0.2) is 40.2 Å². The van der Waals surface area contributed by atoms with Crippen LogP contribution in [0.25, 0.3) is 0 Å². The second-order valence-corrected chi connectivity index (χ2v) is 5.64. The Morgan fingerprint density at radius 2 is 2.04 bits per heavy atom. The van der Waals surface area contributed by atoms with Gasteiger partial charge in [-0.2, -0.15) is 0 Å². The van der Waals surface area contributed by atoms with Crippen LogP contribution in [0.4, 0.5) is 5.82 Å². The highest BCUT2D eigenvalue weighted by Gasteiger charge is 2.12. The highest BCUT2D eigenvalue weighted by atomic mass is 16.5. The summed E-state index contributed by atoms with van der Waals surface area (Å²) >= 11 is 0. The predicted molar refractivity (Wildman–Crippen MR) is 90.4 cm³/mol. The molecule has 0 aromatic carbocycles. The highest BCUT2D eigenvalue weighted by molar-refractivity contribution is 5.75. The third-order valence-electron chi connectivity index (χ3n) is 3.84. The van der Waals surface area contributed by atoms with Gasteiger partial charge in [-0.15, -0.1) is 0 Å². The number of morpholine rings is 1. The van der Waals surface area contributed by atoms with Crippen LogP contribution in [0.1, 0.15) is 5.56 Å². The fourth-order valence-electron chi connectivity index (χ4n) is 2.48. The summed E-state index contributed by atoms with van der Waals surface area (Å²) < 4.78 is 6.45. The van der Waals surface area contributed by atoms with E-state index in [0.717, 1.165) is 29.0 Å². The molecule has 3 rings (SSSR count). The van der Waals surface area contributed by atoms with Crippen molar-refractivity contribution in [1.29, 1.82) is 0 Å². The number of ether oxygens (including phenoxy) is 1. The molecule has 132 valence electrons. The summed E-state index contributed by atoms with van der Waals surface area (Å²) in [5.41, 5.74) is -0.244. The summed E-state index contributed by atoms with van der Waals surface area (Å²) in [6.07, 6.45) is 3.01. The van der Waals surface area contributed by atoms with Gasteiger partial charge in [0.05, 0.1) is 13.2 Å². The van der Waals surface area contributed by atoms with E-state index in [2.05, 4.69) is 20.2 Å². The number of aromatic nitrogens is 3. The van der Waals surface area contributed by atoms with E-state index in [1.807, 2.05) is 12.1 Å². The number of hydrogen-bond donors (Lipinski definition) is 2. The standard InChI is InChI=1S/C16H19N5O4/c22-14-3-4-21(16(24)19-14)11-15(23)18-10-12-1-2-13(17-9-12)20-5-7-25-8-6-20/h1-4,9H,5-8,10-11H2,(H,18,23)(H,19,22,24). The molecule has 0 radical (unpaired) electrons. The van der Waals surface area contributed by atoms with E-state index in [-0.39, 0.29) is 12.5 Å². The van der Waals surface area contributed by atoms with Crippen molar-refractivity contribution in [2.24, 2.45) is 0 Å². The Labute approximate surface area is 143 Å². The lowest BCUT2D eigenvalue weighted by Gasteiger charge is -2.27. The minimum Gasteiger partial charge on any atom is -0.378 e. The van der Waals surface area contributed by atoms with Gasteiger partial charge in [-0.05, 0) is 11.6 Å². The summed E-state index contributed by atoms with van der Waals surface area (Å²) in [4.78, 5) is 43.1. The molecule has 0 atom stereocenters. The molecule has 1 aliphatic heterocycles. The molecule has 2 aromatic heterocycles. The molecule has 2 N–H and O–H groups in total. The number of H-pyrrole nitrogens is 1. The van der Waals surface area contributed by atoms with Gasteiger partial charge in [0.2, 0.25) is 5.91 Å². The molecule has 0 spiro atoms. The van der Waals surface area contributed by atoms with Crippen LogP contribution in [0.5, 0.6) is 0 Å². The number of carbonyl (C=O) groups is 1. The lowest BCUT2D eigenvalue weighted by Crippen LogP contribution is -2.36. The van der Waals surface area contributed by atoms with Crippen LogP contribution in [0, 0.1) is 0 Å². The molecule has 9 heteroatoms. The van der Waals surface area contributed by atoms with Gasteiger partial charge in [0.15, 0.2) is 0 Å². The fraction of sp³-hybridized carbons (Fsp3) is 0.375. The third kappa shape index (κ3) is 4.54. The average Bonchev–Trinajstić information content (AvgIpc) is 2.63. The Bertz CT molecular complexity index is 837. The molecule has 1 saturated heterocycles. The van der Waals surface area contributed by atoms with Gasteiger partial charge in [0.25, 0.3) is 5.56 Å². The number of nitrogens with zero attached hydrogens (tertiary/aromatic N) is 3. The average molecular weight is 345 g/mol. The molecule has 0 bridgehead atoms. The fourth-order valence-corrected chi connectivity index (χ4v) is 2.48. The van der Waals surface area contributed by atoms with Gasteiger partial charge in [0.1, 0.15) is 12.4 Å². The number of pyridine rings is 1. The first-order valence-corrected chi connectivity index (χ1v) is 7.96. The second kappa shape index (κ2) is 7.75. The first-order chi connectivity index (χ1) is 12.1. The lowest BCUT2D eigenvalue weighted by molar-refractivity contribution is -0.121. The quantitative estimate of drug-likeness (QED) is 0.726. The van der Waals surface area contributed by atoms with E-state index in [0.29, 0.717) is 19.8 Å². The van der Waals surface area contributed by atoms with Gasteiger partial charge < -0.3 is 15.0 Å². The monoisotopic (exact) mass is 345 g/mol. The molecule has 0 saturated carbocycles. The maximum atomic E-state index is 11.9. The van der Waals surface area contributed by atoms with Crippen molar-refractivity contribution in [2.75, 3.05) is 31.2 Å². The number of anilines is 1. The van der Waals surface area contributed by atoms with Crippen molar-refractivity contribution < 1.29 is 9.53 Å². The van der Waals surface area contributed by atoms with Crippen molar-refractivity contribution in [3.8, 4) is 0 Å². The van der Waals surface area contributed by atoms with Gasteiger partial charge in [0, 0.05) is 38.1 Å². The maximum Gasteiger partial charge on any atom is 0.328 e. The normalized spacial score (nSPS) is 14.3. The lowest BCUT2D eigenvalue weighted by atomic mass is 10.2. The molecule has 0 unspecified atom stereocenters. The third-order valence-corrected chi connectivity index (χ3v) is 3.84. The highest BCUT2D eigenvalue weighted by Crippen LogP contribution is 2.12. The Morgan fingerprint density at radius 1 is 1.24 bits per heavy atom. The van der Waals surface area contributed by atoms with Crippen molar-refractivity contribution in [1.82, 2.24) is 19.9 Å². The minimum atomic E-state index is -0.612. The van der Waals surface area contributed by atoms with Gasteiger partial charge in [-0.25, -0.2) is 9.78 Å². The van der Waals surface area contributed by atoms with Crippen molar-refractivity contribution >= 4 is 11.7 Å². The van der Waals surface area contributed by atoms with E-state index in [1.54, 1.807) is 6.20 Å². The van der Waals surface area contributed by atoms with Crippen molar-refractivity contribution in [2.45, 2.75) is 13.1 Å². The number of aromatic amines is 1. The van der Waals surface area contributed by atoms with E-state index >= 15 is 0 Å². The second-order valence-electron chi connectivity index (χ2n) is 5.64. The molecule has 1 amide bonds. The SMILES string of the molecule is O=C(Cn1ccc(=O)[nH]c1=O)NCc1ccc(N2CCOCC2)nc1. The van der Waals surface area contributed by atoms with E-state index in [1.165, 1.54) is 12.3 Å². The topological polar surface area (TPSA) is 109 Å². The zero-order valence-electron chi connectivity index (χ0n) is 13.6. The van der Waals surface area contributed by atoms with Crippen LogP contribution in [-0.4, -0.2) is 46.7 Å². The summed E-state index contributed by atoms with van der Waals surface area (Å²) in [6, 6.07) is 5.02. The molecule has 1 aliphatic rings. The zero-order chi connectivity index (χ0) is 17.6. The number of nitrogens with one attached hydrogen (secondary N) is 2. The first-order valence-electron chi connectivity index (χ1n) is 7.96. The summed E-state index contributed by atoms with van der Waals surface area (Å²) in [6.45, 7) is 3.18.